The standard InChI is InChI=1S/C23H36O5Si/c1-4-29(5-2,6-3)28-23(19-27-18-20-11-8-7-9-12-20)14-10-13-21(25)15-16-22(26)17-24/h7-9,11-12,22-24,26H,4-6,14-19H2,1-3H3/t22-,23+/m0/s1. The van der Waals surface area contributed by atoms with E-state index in [4.69, 9.17) is 14.3 Å². The quantitative estimate of drug-likeness (QED) is 0.273. The number of hydrogen-bond donors (Lipinski definition) is 2. The van der Waals surface area contributed by atoms with Crippen molar-refractivity contribution in [3.63, 3.8) is 0 Å². The molecule has 0 saturated carbocycles. The van der Waals surface area contributed by atoms with Gasteiger partial charge in [-0.05, 0) is 36.0 Å². The van der Waals surface area contributed by atoms with Crippen LogP contribution in [0.1, 0.15) is 45.6 Å². The topological polar surface area (TPSA) is 76.0 Å². The molecule has 0 aliphatic heterocycles. The Balaban J connectivity index is 2.66. The number of ether oxygens (including phenoxy) is 1. The highest BCUT2D eigenvalue weighted by molar-refractivity contribution is 6.73. The number of rotatable bonds is 14. The normalized spacial score (nSPS) is 13.4. The Bertz CT molecular complexity index is 625. The first-order chi connectivity index (χ1) is 14.0. The smallest absolute Gasteiger partial charge is 0.205 e. The van der Waals surface area contributed by atoms with E-state index >= 15 is 0 Å². The number of benzene rings is 1. The Morgan fingerprint density at radius 1 is 1.14 bits per heavy atom. The van der Waals surface area contributed by atoms with Crippen LogP contribution < -0.4 is 0 Å². The molecule has 5 nitrogen and oxygen atoms in total. The maximum Gasteiger partial charge on any atom is 0.205 e. The summed E-state index contributed by atoms with van der Waals surface area (Å²) in [7, 11) is -1.82. The molecule has 0 fully saturated rings. The van der Waals surface area contributed by atoms with Crippen LogP contribution in [-0.4, -0.2) is 49.7 Å². The van der Waals surface area contributed by atoms with E-state index in [-0.39, 0.29) is 31.3 Å². The van der Waals surface area contributed by atoms with Crippen LogP contribution in [0.15, 0.2) is 30.3 Å². The minimum atomic E-state index is -1.82. The first-order valence-corrected chi connectivity index (χ1v) is 13.1. The van der Waals surface area contributed by atoms with Crippen molar-refractivity contribution in [2.75, 3.05) is 13.2 Å². The molecule has 162 valence electrons. The molecule has 0 unspecified atom stereocenters. The van der Waals surface area contributed by atoms with Gasteiger partial charge >= 0.3 is 0 Å². The van der Waals surface area contributed by atoms with Crippen LogP contribution in [0.5, 0.6) is 0 Å². The molecule has 1 aromatic rings. The number of carbonyl (C=O) groups excluding carboxylic acids is 1. The summed E-state index contributed by atoms with van der Waals surface area (Å²) in [6, 6.07) is 13.1. The van der Waals surface area contributed by atoms with Gasteiger partial charge in [0.2, 0.25) is 5.78 Å². The van der Waals surface area contributed by atoms with Gasteiger partial charge < -0.3 is 19.4 Å². The van der Waals surface area contributed by atoms with Crippen molar-refractivity contribution in [1.82, 2.24) is 0 Å². The third kappa shape index (κ3) is 10.2. The van der Waals surface area contributed by atoms with Gasteiger partial charge in [-0.1, -0.05) is 57.0 Å². The van der Waals surface area contributed by atoms with E-state index in [1.165, 1.54) is 0 Å². The second-order valence-corrected chi connectivity index (χ2v) is 12.0. The Hall–Kier alpha value is -1.49. The van der Waals surface area contributed by atoms with Crippen molar-refractivity contribution in [2.45, 2.75) is 77.0 Å². The zero-order valence-electron chi connectivity index (χ0n) is 18.0. The number of hydrogen-bond acceptors (Lipinski definition) is 5. The van der Waals surface area contributed by atoms with Crippen molar-refractivity contribution in [3.8, 4) is 11.8 Å². The zero-order chi connectivity index (χ0) is 21.5. The Morgan fingerprint density at radius 3 is 2.38 bits per heavy atom. The molecule has 0 radical (unpaired) electrons. The van der Waals surface area contributed by atoms with Gasteiger partial charge in [-0.25, -0.2) is 0 Å². The van der Waals surface area contributed by atoms with Crippen LogP contribution in [0, 0.1) is 11.8 Å². The minimum Gasteiger partial charge on any atom is -0.411 e. The van der Waals surface area contributed by atoms with Crippen LogP contribution in [0.4, 0.5) is 0 Å². The largest absolute Gasteiger partial charge is 0.411 e. The van der Waals surface area contributed by atoms with Gasteiger partial charge in [-0.3, -0.25) is 4.79 Å². The fourth-order valence-corrected chi connectivity index (χ4v) is 5.94. The molecule has 6 heteroatoms. The van der Waals surface area contributed by atoms with Crippen LogP contribution >= 0.6 is 0 Å². The molecule has 0 aromatic heterocycles. The Labute approximate surface area is 176 Å². The first kappa shape index (κ1) is 25.5. The minimum absolute atomic E-state index is 0.141. The monoisotopic (exact) mass is 420 g/mol. The van der Waals surface area contributed by atoms with Gasteiger partial charge in [-0.2, -0.15) is 0 Å². The summed E-state index contributed by atoms with van der Waals surface area (Å²) < 4.78 is 12.4. The summed E-state index contributed by atoms with van der Waals surface area (Å²) in [6.45, 7) is 7.17. The number of Topliss-reactive ketones (excluding diaryl/α,β-unsaturated/α-hetero) is 1. The predicted octanol–water partition coefficient (Wildman–Crippen LogP) is 3.69. The van der Waals surface area contributed by atoms with Gasteiger partial charge in [0, 0.05) is 12.8 Å². The number of ketones is 1. The Kier molecular flexibility index (Phi) is 12.8. The van der Waals surface area contributed by atoms with E-state index in [0.717, 1.165) is 23.7 Å². The van der Waals surface area contributed by atoms with Crippen LogP contribution in [0.2, 0.25) is 18.1 Å². The molecule has 1 rings (SSSR count). The Morgan fingerprint density at radius 2 is 1.79 bits per heavy atom. The van der Waals surface area contributed by atoms with Crippen molar-refractivity contribution in [2.24, 2.45) is 0 Å². The van der Waals surface area contributed by atoms with E-state index in [0.29, 0.717) is 19.6 Å². The summed E-state index contributed by atoms with van der Waals surface area (Å²) in [5.41, 5.74) is 1.11. The number of aliphatic hydroxyl groups is 2. The molecule has 2 atom stereocenters. The molecule has 0 spiro atoms. The zero-order valence-corrected chi connectivity index (χ0v) is 19.0. The van der Waals surface area contributed by atoms with E-state index in [1.54, 1.807) is 0 Å². The van der Waals surface area contributed by atoms with E-state index in [9.17, 15) is 9.90 Å². The molecule has 0 amide bonds. The van der Waals surface area contributed by atoms with Gasteiger partial charge in [0.1, 0.15) is 0 Å². The van der Waals surface area contributed by atoms with E-state index in [1.807, 2.05) is 30.3 Å². The van der Waals surface area contributed by atoms with Crippen LogP contribution in [0.3, 0.4) is 0 Å². The van der Waals surface area contributed by atoms with Gasteiger partial charge in [-0.15, -0.1) is 0 Å². The van der Waals surface area contributed by atoms with Gasteiger partial charge in [0.25, 0.3) is 0 Å². The molecule has 0 bridgehead atoms. The van der Waals surface area contributed by atoms with E-state index < -0.39 is 14.4 Å². The molecule has 0 aliphatic rings. The average Bonchev–Trinajstić information content (AvgIpc) is 2.76. The van der Waals surface area contributed by atoms with Gasteiger partial charge in [0.05, 0.1) is 32.0 Å². The second kappa shape index (κ2) is 14.5. The SMILES string of the molecule is CC[Si](CC)(CC)O[C@H](CC#CC(=O)CC[C@H](O)CO)COCc1ccccc1. The van der Waals surface area contributed by atoms with Crippen molar-refractivity contribution < 1.29 is 24.2 Å². The number of aliphatic hydroxyl groups excluding tert-OH is 2. The molecule has 1 aromatic carbocycles. The van der Waals surface area contributed by atoms with Crippen LogP contribution in [-0.2, 0) is 20.6 Å². The van der Waals surface area contributed by atoms with E-state index in [2.05, 4.69) is 32.6 Å². The maximum absolute atomic E-state index is 11.9. The van der Waals surface area contributed by atoms with Crippen molar-refractivity contribution in [1.29, 1.82) is 0 Å². The summed E-state index contributed by atoms with van der Waals surface area (Å²) in [4.78, 5) is 11.9. The lowest BCUT2D eigenvalue weighted by atomic mass is 10.1. The first-order valence-electron chi connectivity index (χ1n) is 10.6. The molecule has 29 heavy (non-hydrogen) atoms. The van der Waals surface area contributed by atoms with Crippen molar-refractivity contribution in [3.05, 3.63) is 35.9 Å². The molecule has 0 heterocycles. The predicted molar refractivity (Wildman–Crippen MR) is 118 cm³/mol. The second-order valence-electron chi connectivity index (χ2n) is 7.29. The fraction of sp³-hybridized carbons (Fsp3) is 0.609. The lowest BCUT2D eigenvalue weighted by Gasteiger charge is -2.32. The summed E-state index contributed by atoms with van der Waals surface area (Å²) in [5.74, 6) is 5.35. The summed E-state index contributed by atoms with van der Waals surface area (Å²) in [5, 5.41) is 18.2. The summed E-state index contributed by atoms with van der Waals surface area (Å²) in [6.07, 6.45) is -0.219. The lowest BCUT2D eigenvalue weighted by Crippen LogP contribution is -2.41. The third-order valence-corrected chi connectivity index (χ3v) is 9.94. The van der Waals surface area contributed by atoms with Crippen molar-refractivity contribution >= 4 is 14.1 Å². The molecular weight excluding hydrogens is 384 g/mol. The highest BCUT2D eigenvalue weighted by Gasteiger charge is 2.31. The summed E-state index contributed by atoms with van der Waals surface area (Å²) >= 11 is 0. The molecule has 2 N–H and O–H groups in total. The van der Waals surface area contributed by atoms with Gasteiger partial charge in [0.15, 0.2) is 8.32 Å². The van der Waals surface area contributed by atoms with Crippen LogP contribution in [0.25, 0.3) is 0 Å². The molecule has 0 aliphatic carbocycles. The molecular formula is C23H36O5Si. The molecule has 0 saturated heterocycles. The lowest BCUT2D eigenvalue weighted by molar-refractivity contribution is -0.114. The fourth-order valence-electron chi connectivity index (χ4n) is 3.09. The third-order valence-electron chi connectivity index (χ3n) is 5.24. The highest BCUT2D eigenvalue weighted by atomic mass is 28.4. The average molecular weight is 421 g/mol. The highest BCUT2D eigenvalue weighted by Crippen LogP contribution is 2.24. The number of carbonyl (C=O) groups is 1. The maximum atomic E-state index is 11.9.